The molecule has 1 fully saturated rings. The molecule has 0 aliphatic carbocycles. The number of carbonyl (C=O) groups is 1. The number of rotatable bonds is 3. The van der Waals surface area contributed by atoms with Crippen molar-refractivity contribution in [2.24, 2.45) is 5.92 Å². The van der Waals surface area contributed by atoms with Crippen LogP contribution in [0.4, 0.5) is 4.79 Å². The van der Waals surface area contributed by atoms with E-state index in [2.05, 4.69) is 20.8 Å². The van der Waals surface area contributed by atoms with Crippen molar-refractivity contribution >= 4 is 6.03 Å². The molecule has 2 amide bonds. The van der Waals surface area contributed by atoms with E-state index in [0.29, 0.717) is 5.92 Å². The Morgan fingerprint density at radius 1 is 1.47 bits per heavy atom. The molecule has 0 spiro atoms. The molecule has 0 aromatic heterocycles. The Labute approximate surface area is 93.4 Å². The molecule has 1 atom stereocenters. The highest BCUT2D eigenvalue weighted by atomic mass is 16.2. The number of amides is 2. The highest BCUT2D eigenvalue weighted by Gasteiger charge is 2.23. The SMILES string of the molecule is CCCN(CC)C(=O)N1CCCC(C)C1. The van der Waals surface area contributed by atoms with Crippen molar-refractivity contribution in [1.82, 2.24) is 9.80 Å². The summed E-state index contributed by atoms with van der Waals surface area (Å²) in [6.45, 7) is 10.0. The largest absolute Gasteiger partial charge is 0.325 e. The molecule has 1 saturated heterocycles. The maximum Gasteiger partial charge on any atom is 0.319 e. The van der Waals surface area contributed by atoms with Gasteiger partial charge in [-0.1, -0.05) is 13.8 Å². The lowest BCUT2D eigenvalue weighted by Gasteiger charge is -2.35. The smallest absolute Gasteiger partial charge is 0.319 e. The quantitative estimate of drug-likeness (QED) is 0.705. The third-order valence-corrected chi connectivity index (χ3v) is 3.07. The lowest BCUT2D eigenvalue weighted by atomic mass is 10.0. The van der Waals surface area contributed by atoms with Gasteiger partial charge in [0.1, 0.15) is 0 Å². The number of urea groups is 1. The van der Waals surface area contributed by atoms with Crippen molar-refractivity contribution in [2.75, 3.05) is 26.2 Å². The molecule has 3 heteroatoms. The van der Waals surface area contributed by atoms with E-state index in [1.165, 1.54) is 6.42 Å². The minimum absolute atomic E-state index is 0.242. The zero-order valence-electron chi connectivity index (χ0n) is 10.3. The van der Waals surface area contributed by atoms with Crippen LogP contribution in [0, 0.1) is 5.92 Å². The van der Waals surface area contributed by atoms with Gasteiger partial charge < -0.3 is 9.80 Å². The Bertz CT molecular complexity index is 206. The van der Waals surface area contributed by atoms with E-state index >= 15 is 0 Å². The van der Waals surface area contributed by atoms with Crippen LogP contribution in [-0.4, -0.2) is 42.0 Å². The van der Waals surface area contributed by atoms with Crippen molar-refractivity contribution in [2.45, 2.75) is 40.0 Å². The molecule has 1 heterocycles. The lowest BCUT2D eigenvalue weighted by Crippen LogP contribution is -2.47. The molecule has 0 N–H and O–H groups in total. The van der Waals surface area contributed by atoms with E-state index < -0.39 is 0 Å². The van der Waals surface area contributed by atoms with Gasteiger partial charge in [-0.3, -0.25) is 0 Å². The Morgan fingerprint density at radius 3 is 2.73 bits per heavy atom. The van der Waals surface area contributed by atoms with Gasteiger partial charge in [-0.25, -0.2) is 4.79 Å². The molecule has 0 bridgehead atoms. The molecular weight excluding hydrogens is 188 g/mol. The summed E-state index contributed by atoms with van der Waals surface area (Å²) in [6.07, 6.45) is 3.48. The van der Waals surface area contributed by atoms with Crippen LogP contribution in [0.3, 0.4) is 0 Å². The first-order valence-corrected chi connectivity index (χ1v) is 6.22. The van der Waals surface area contributed by atoms with Crippen LogP contribution in [0.15, 0.2) is 0 Å². The first kappa shape index (κ1) is 12.3. The van der Waals surface area contributed by atoms with Gasteiger partial charge in [-0.05, 0) is 32.1 Å². The fourth-order valence-electron chi connectivity index (χ4n) is 2.22. The van der Waals surface area contributed by atoms with E-state index in [1.54, 1.807) is 0 Å². The van der Waals surface area contributed by atoms with Gasteiger partial charge in [-0.15, -0.1) is 0 Å². The maximum absolute atomic E-state index is 12.1. The summed E-state index contributed by atoms with van der Waals surface area (Å²) in [6, 6.07) is 0.242. The van der Waals surface area contributed by atoms with E-state index in [1.807, 2.05) is 9.80 Å². The van der Waals surface area contributed by atoms with Crippen LogP contribution in [0.1, 0.15) is 40.0 Å². The number of likely N-dealkylation sites (tertiary alicyclic amines) is 1. The number of hydrogen-bond donors (Lipinski definition) is 0. The van der Waals surface area contributed by atoms with Gasteiger partial charge in [0.2, 0.25) is 0 Å². The monoisotopic (exact) mass is 212 g/mol. The molecule has 1 aliphatic rings. The molecule has 88 valence electrons. The van der Waals surface area contributed by atoms with Gasteiger partial charge >= 0.3 is 6.03 Å². The highest BCUT2D eigenvalue weighted by molar-refractivity contribution is 5.74. The van der Waals surface area contributed by atoms with Gasteiger partial charge in [0.05, 0.1) is 0 Å². The fraction of sp³-hybridized carbons (Fsp3) is 0.917. The summed E-state index contributed by atoms with van der Waals surface area (Å²) in [4.78, 5) is 16.1. The van der Waals surface area contributed by atoms with Crippen LogP contribution in [-0.2, 0) is 0 Å². The van der Waals surface area contributed by atoms with E-state index in [-0.39, 0.29) is 6.03 Å². The number of piperidine rings is 1. The van der Waals surface area contributed by atoms with Gasteiger partial charge in [0.15, 0.2) is 0 Å². The van der Waals surface area contributed by atoms with E-state index in [0.717, 1.165) is 39.0 Å². The first-order valence-electron chi connectivity index (χ1n) is 6.22. The van der Waals surface area contributed by atoms with Crippen LogP contribution in [0.2, 0.25) is 0 Å². The Balaban J connectivity index is 2.49. The van der Waals surface area contributed by atoms with Gasteiger partial charge in [0.25, 0.3) is 0 Å². The third-order valence-electron chi connectivity index (χ3n) is 3.07. The number of nitrogens with zero attached hydrogens (tertiary/aromatic N) is 2. The molecular formula is C12H24N2O. The summed E-state index contributed by atoms with van der Waals surface area (Å²) in [5.41, 5.74) is 0. The summed E-state index contributed by atoms with van der Waals surface area (Å²) in [5, 5.41) is 0. The third kappa shape index (κ3) is 3.40. The van der Waals surface area contributed by atoms with Crippen molar-refractivity contribution in [3.05, 3.63) is 0 Å². The summed E-state index contributed by atoms with van der Waals surface area (Å²) >= 11 is 0. The zero-order chi connectivity index (χ0) is 11.3. The second-order valence-corrected chi connectivity index (χ2v) is 4.56. The average Bonchev–Trinajstić information content (AvgIpc) is 2.25. The van der Waals surface area contributed by atoms with Crippen LogP contribution in [0.5, 0.6) is 0 Å². The van der Waals surface area contributed by atoms with Crippen LogP contribution in [0.25, 0.3) is 0 Å². The van der Waals surface area contributed by atoms with Crippen molar-refractivity contribution in [3.63, 3.8) is 0 Å². The topological polar surface area (TPSA) is 23.6 Å². The second-order valence-electron chi connectivity index (χ2n) is 4.56. The molecule has 0 radical (unpaired) electrons. The molecule has 1 unspecified atom stereocenters. The summed E-state index contributed by atoms with van der Waals surface area (Å²) in [7, 11) is 0. The number of carbonyl (C=O) groups excluding carboxylic acids is 1. The molecule has 3 nitrogen and oxygen atoms in total. The van der Waals surface area contributed by atoms with Crippen LogP contribution >= 0.6 is 0 Å². The fourth-order valence-corrected chi connectivity index (χ4v) is 2.22. The molecule has 1 rings (SSSR count). The van der Waals surface area contributed by atoms with E-state index in [9.17, 15) is 4.79 Å². The van der Waals surface area contributed by atoms with Crippen LogP contribution < -0.4 is 0 Å². The maximum atomic E-state index is 12.1. The van der Waals surface area contributed by atoms with Crippen molar-refractivity contribution in [3.8, 4) is 0 Å². The molecule has 0 aromatic carbocycles. The normalized spacial score (nSPS) is 21.5. The standard InChI is InChI=1S/C12H24N2O/c1-4-8-13(5-2)12(15)14-9-6-7-11(3)10-14/h11H,4-10H2,1-3H3. The van der Waals surface area contributed by atoms with E-state index in [4.69, 9.17) is 0 Å². The Hall–Kier alpha value is -0.730. The number of hydrogen-bond acceptors (Lipinski definition) is 1. The molecule has 0 saturated carbocycles. The second kappa shape index (κ2) is 5.99. The summed E-state index contributed by atoms with van der Waals surface area (Å²) in [5.74, 6) is 0.669. The molecule has 15 heavy (non-hydrogen) atoms. The minimum atomic E-state index is 0.242. The van der Waals surface area contributed by atoms with Gasteiger partial charge in [-0.2, -0.15) is 0 Å². The Morgan fingerprint density at radius 2 is 2.20 bits per heavy atom. The molecule has 0 aromatic rings. The van der Waals surface area contributed by atoms with Crippen molar-refractivity contribution in [1.29, 1.82) is 0 Å². The average molecular weight is 212 g/mol. The lowest BCUT2D eigenvalue weighted by molar-refractivity contribution is 0.133. The summed E-state index contributed by atoms with van der Waals surface area (Å²) < 4.78 is 0. The minimum Gasteiger partial charge on any atom is -0.325 e. The zero-order valence-corrected chi connectivity index (χ0v) is 10.3. The molecule has 1 aliphatic heterocycles. The van der Waals surface area contributed by atoms with Crippen molar-refractivity contribution < 1.29 is 4.79 Å². The Kier molecular flexibility index (Phi) is 4.92. The first-order chi connectivity index (χ1) is 7.19. The predicted octanol–water partition coefficient (Wildman–Crippen LogP) is 2.57. The predicted molar refractivity (Wildman–Crippen MR) is 62.9 cm³/mol. The highest BCUT2D eigenvalue weighted by Crippen LogP contribution is 2.16. The van der Waals surface area contributed by atoms with Gasteiger partial charge in [0, 0.05) is 26.2 Å².